The number of thiophene rings is 1. The number of nitrogens with one attached hydrogen (secondary N) is 3. The van der Waals surface area contributed by atoms with Gasteiger partial charge in [0, 0.05) is 17.4 Å². The second-order valence-corrected chi connectivity index (χ2v) is 8.05. The minimum absolute atomic E-state index is 0.0368. The molecule has 5 nitrogen and oxygen atoms in total. The van der Waals surface area contributed by atoms with E-state index < -0.39 is 0 Å². The first kappa shape index (κ1) is 17.2. The molecule has 0 bridgehead atoms. The first-order valence-corrected chi connectivity index (χ1v) is 10.1. The zero-order valence-electron chi connectivity index (χ0n) is 14.5. The van der Waals surface area contributed by atoms with Gasteiger partial charge in [0.25, 0.3) is 5.91 Å². The van der Waals surface area contributed by atoms with Crippen LogP contribution >= 0.6 is 11.3 Å². The second kappa shape index (κ2) is 7.60. The minimum atomic E-state index is -0.116. The summed E-state index contributed by atoms with van der Waals surface area (Å²) in [6, 6.07) is 11.3. The molecule has 1 saturated heterocycles. The highest BCUT2D eigenvalue weighted by Gasteiger charge is 2.38. The van der Waals surface area contributed by atoms with Gasteiger partial charge in [0.05, 0.1) is 10.9 Å². The Bertz CT molecular complexity index is 759. The molecule has 1 saturated carbocycles. The molecule has 1 aromatic carbocycles. The SMILES string of the molecule is O=C(Nc1ccc(NC(=O)C2CC3CCCCC3N2)cc1)c1cccs1. The smallest absolute Gasteiger partial charge is 0.265 e. The first-order valence-electron chi connectivity index (χ1n) is 9.21. The molecule has 1 aromatic heterocycles. The van der Waals surface area contributed by atoms with Crippen molar-refractivity contribution < 1.29 is 9.59 Å². The summed E-state index contributed by atoms with van der Waals surface area (Å²) in [4.78, 5) is 25.3. The van der Waals surface area contributed by atoms with Crippen LogP contribution in [0.3, 0.4) is 0 Å². The molecule has 3 unspecified atom stereocenters. The standard InChI is InChI=1S/C20H23N3O2S/c24-19(17-12-13-4-1-2-5-16(13)23-17)21-14-7-9-15(10-8-14)22-20(25)18-6-3-11-26-18/h3,6-11,13,16-17,23H,1-2,4-5,12H2,(H,21,24)(H,22,25). The van der Waals surface area contributed by atoms with E-state index in [-0.39, 0.29) is 17.9 Å². The lowest BCUT2D eigenvalue weighted by Crippen LogP contribution is -2.39. The van der Waals surface area contributed by atoms with Gasteiger partial charge in [-0.05, 0) is 60.9 Å². The summed E-state index contributed by atoms with van der Waals surface area (Å²) < 4.78 is 0. The number of amides is 2. The number of hydrogen-bond donors (Lipinski definition) is 3. The largest absolute Gasteiger partial charge is 0.325 e. The van der Waals surface area contributed by atoms with Crippen LogP contribution in [-0.2, 0) is 4.79 Å². The summed E-state index contributed by atoms with van der Waals surface area (Å²) in [5, 5.41) is 11.2. The molecule has 136 valence electrons. The van der Waals surface area contributed by atoms with Crippen molar-refractivity contribution in [3.63, 3.8) is 0 Å². The fourth-order valence-electron chi connectivity index (χ4n) is 3.99. The third-order valence-corrected chi connectivity index (χ3v) is 6.20. The van der Waals surface area contributed by atoms with E-state index in [1.54, 1.807) is 6.07 Å². The molecule has 2 aromatic rings. The first-order chi connectivity index (χ1) is 12.7. The van der Waals surface area contributed by atoms with E-state index in [4.69, 9.17) is 0 Å². The van der Waals surface area contributed by atoms with Gasteiger partial charge in [-0.1, -0.05) is 18.9 Å². The number of carbonyl (C=O) groups excluding carboxylic acids is 2. The maximum atomic E-state index is 12.5. The molecule has 3 atom stereocenters. The average molecular weight is 369 g/mol. The van der Waals surface area contributed by atoms with E-state index >= 15 is 0 Å². The van der Waals surface area contributed by atoms with Crippen molar-refractivity contribution in [3.8, 4) is 0 Å². The van der Waals surface area contributed by atoms with Gasteiger partial charge in [0.2, 0.25) is 5.91 Å². The Morgan fingerprint density at radius 2 is 1.73 bits per heavy atom. The van der Waals surface area contributed by atoms with Crippen molar-refractivity contribution in [2.45, 2.75) is 44.2 Å². The maximum absolute atomic E-state index is 12.5. The van der Waals surface area contributed by atoms with Gasteiger partial charge in [-0.3, -0.25) is 9.59 Å². The Hall–Kier alpha value is -2.18. The van der Waals surface area contributed by atoms with Crippen molar-refractivity contribution in [2.24, 2.45) is 5.92 Å². The van der Waals surface area contributed by atoms with Gasteiger partial charge in [-0.2, -0.15) is 0 Å². The second-order valence-electron chi connectivity index (χ2n) is 7.10. The Morgan fingerprint density at radius 3 is 2.42 bits per heavy atom. The van der Waals surface area contributed by atoms with Crippen molar-refractivity contribution in [1.82, 2.24) is 5.32 Å². The van der Waals surface area contributed by atoms with E-state index in [0.29, 0.717) is 22.5 Å². The normalized spacial score (nSPS) is 24.7. The van der Waals surface area contributed by atoms with Crippen LogP contribution in [0.2, 0.25) is 0 Å². The van der Waals surface area contributed by atoms with Crippen molar-refractivity contribution in [3.05, 3.63) is 46.7 Å². The van der Waals surface area contributed by atoms with Crippen LogP contribution in [0, 0.1) is 5.92 Å². The maximum Gasteiger partial charge on any atom is 0.265 e. The molecule has 3 N–H and O–H groups in total. The van der Waals surface area contributed by atoms with Gasteiger partial charge in [-0.15, -0.1) is 11.3 Å². The van der Waals surface area contributed by atoms with Crippen LogP contribution in [-0.4, -0.2) is 23.9 Å². The number of hydrogen-bond acceptors (Lipinski definition) is 4. The topological polar surface area (TPSA) is 70.2 Å². The molecule has 4 rings (SSSR count). The molecule has 26 heavy (non-hydrogen) atoms. The molecule has 1 aliphatic carbocycles. The number of anilines is 2. The zero-order valence-corrected chi connectivity index (χ0v) is 15.4. The van der Waals surface area contributed by atoms with E-state index in [9.17, 15) is 9.59 Å². The molecule has 0 radical (unpaired) electrons. The van der Waals surface area contributed by atoms with E-state index in [1.807, 2.05) is 35.7 Å². The van der Waals surface area contributed by atoms with E-state index in [0.717, 1.165) is 12.1 Å². The average Bonchev–Trinajstić information content (AvgIpc) is 3.33. The summed E-state index contributed by atoms with van der Waals surface area (Å²) >= 11 is 1.41. The monoisotopic (exact) mass is 369 g/mol. The molecule has 2 heterocycles. The van der Waals surface area contributed by atoms with Crippen LogP contribution in [0.4, 0.5) is 11.4 Å². The summed E-state index contributed by atoms with van der Waals surface area (Å²) in [6.45, 7) is 0. The molecule has 2 aliphatic rings. The lowest BCUT2D eigenvalue weighted by atomic mass is 9.85. The third kappa shape index (κ3) is 3.81. The van der Waals surface area contributed by atoms with Gasteiger partial charge >= 0.3 is 0 Å². The predicted octanol–water partition coefficient (Wildman–Crippen LogP) is 3.86. The summed E-state index contributed by atoms with van der Waals surface area (Å²) in [7, 11) is 0. The fraction of sp³-hybridized carbons (Fsp3) is 0.400. The van der Waals surface area contributed by atoms with Crippen molar-refractivity contribution >= 4 is 34.5 Å². The van der Waals surface area contributed by atoms with Crippen molar-refractivity contribution in [1.29, 1.82) is 0 Å². The highest BCUT2D eigenvalue weighted by atomic mass is 32.1. The van der Waals surface area contributed by atoms with Gasteiger partial charge < -0.3 is 16.0 Å². The number of carbonyl (C=O) groups is 2. The molecule has 6 heteroatoms. The van der Waals surface area contributed by atoms with Crippen LogP contribution in [0.1, 0.15) is 41.8 Å². The fourth-order valence-corrected chi connectivity index (χ4v) is 4.61. The van der Waals surface area contributed by atoms with Crippen LogP contribution in [0.15, 0.2) is 41.8 Å². The number of fused-ring (bicyclic) bond motifs is 1. The molecule has 2 fully saturated rings. The highest BCUT2D eigenvalue weighted by molar-refractivity contribution is 7.12. The van der Waals surface area contributed by atoms with Crippen molar-refractivity contribution in [2.75, 3.05) is 10.6 Å². The lowest BCUT2D eigenvalue weighted by Gasteiger charge is -2.24. The van der Waals surface area contributed by atoms with Crippen LogP contribution < -0.4 is 16.0 Å². The molecular weight excluding hydrogens is 346 g/mol. The lowest BCUT2D eigenvalue weighted by molar-refractivity contribution is -0.117. The molecule has 2 amide bonds. The summed E-state index contributed by atoms with van der Waals surface area (Å²) in [6.07, 6.45) is 5.91. The van der Waals surface area contributed by atoms with Gasteiger partial charge in [-0.25, -0.2) is 0 Å². The third-order valence-electron chi connectivity index (χ3n) is 5.33. The van der Waals surface area contributed by atoms with Crippen LogP contribution in [0.25, 0.3) is 0 Å². The van der Waals surface area contributed by atoms with E-state index in [1.165, 1.54) is 37.0 Å². The quantitative estimate of drug-likeness (QED) is 0.766. The van der Waals surface area contributed by atoms with Gasteiger partial charge in [0.15, 0.2) is 0 Å². The predicted molar refractivity (Wildman–Crippen MR) is 105 cm³/mol. The Labute approximate surface area is 157 Å². The zero-order chi connectivity index (χ0) is 17.9. The summed E-state index contributed by atoms with van der Waals surface area (Å²) in [5.74, 6) is 0.568. The minimum Gasteiger partial charge on any atom is -0.325 e. The molecular formula is C20H23N3O2S. The van der Waals surface area contributed by atoms with Crippen LogP contribution in [0.5, 0.6) is 0 Å². The summed E-state index contributed by atoms with van der Waals surface area (Å²) in [5.41, 5.74) is 1.47. The molecule has 0 spiro atoms. The Morgan fingerprint density at radius 1 is 1.00 bits per heavy atom. The van der Waals surface area contributed by atoms with Gasteiger partial charge in [0.1, 0.15) is 0 Å². The molecule has 1 aliphatic heterocycles. The Kier molecular flexibility index (Phi) is 5.04. The number of rotatable bonds is 4. The number of benzene rings is 1. The Balaban J connectivity index is 1.32. The van der Waals surface area contributed by atoms with E-state index in [2.05, 4.69) is 16.0 Å². The highest BCUT2D eigenvalue weighted by Crippen LogP contribution is 2.33.